The van der Waals surface area contributed by atoms with E-state index in [1.54, 1.807) is 0 Å². The van der Waals surface area contributed by atoms with Crippen molar-refractivity contribution in [3.63, 3.8) is 0 Å². The first-order valence-electron chi connectivity index (χ1n) is 10.6. The van der Waals surface area contributed by atoms with Gasteiger partial charge in [0.1, 0.15) is 5.56 Å². The number of hydrogen-bond acceptors (Lipinski definition) is 3. The van der Waals surface area contributed by atoms with E-state index >= 15 is 0 Å². The van der Waals surface area contributed by atoms with Crippen LogP contribution >= 0.6 is 11.6 Å². The van der Waals surface area contributed by atoms with Crippen molar-refractivity contribution < 1.29 is 9.59 Å². The number of carbonyl (C=O) groups is 2. The maximum Gasteiger partial charge on any atom is 0.261 e. The molecular weight excluding hydrogens is 400 g/mol. The molecule has 2 aliphatic rings. The Morgan fingerprint density at radius 3 is 2.37 bits per heavy atom. The number of H-pyrrole nitrogens is 1. The van der Waals surface area contributed by atoms with Crippen molar-refractivity contribution in [1.29, 1.82) is 0 Å². The molecular formula is C24H27ClN2O3. The molecule has 0 radical (unpaired) electrons. The van der Waals surface area contributed by atoms with Crippen molar-refractivity contribution in [2.24, 2.45) is 5.41 Å². The molecule has 1 aromatic carbocycles. The van der Waals surface area contributed by atoms with Crippen LogP contribution < -0.4 is 10.9 Å². The number of benzene rings is 1. The van der Waals surface area contributed by atoms with Gasteiger partial charge in [0.25, 0.3) is 11.5 Å². The van der Waals surface area contributed by atoms with Crippen molar-refractivity contribution in [3.05, 3.63) is 68.1 Å². The van der Waals surface area contributed by atoms with Gasteiger partial charge >= 0.3 is 0 Å². The third-order valence-electron chi connectivity index (χ3n) is 6.42. The number of Topliss-reactive ketones (excluding diaryl/α,β-unsaturated/α-hetero) is 1. The normalized spacial score (nSPS) is 19.8. The second-order valence-electron chi connectivity index (χ2n) is 9.45. The molecule has 2 N–H and O–H groups in total. The summed E-state index contributed by atoms with van der Waals surface area (Å²) in [5, 5.41) is 3.79. The van der Waals surface area contributed by atoms with Crippen molar-refractivity contribution in [2.75, 3.05) is 0 Å². The molecule has 0 saturated heterocycles. The molecule has 0 unspecified atom stereocenters. The Labute approximate surface area is 181 Å². The van der Waals surface area contributed by atoms with Crippen LogP contribution in [0.25, 0.3) is 0 Å². The van der Waals surface area contributed by atoms with Crippen molar-refractivity contribution in [2.45, 2.75) is 64.3 Å². The van der Waals surface area contributed by atoms with Crippen LogP contribution in [0.4, 0.5) is 0 Å². The van der Waals surface area contributed by atoms with Gasteiger partial charge in [-0.2, -0.15) is 0 Å². The largest absolute Gasteiger partial charge is 0.342 e. The third kappa shape index (κ3) is 3.95. The van der Waals surface area contributed by atoms with Crippen LogP contribution in [0.5, 0.6) is 0 Å². The van der Waals surface area contributed by atoms with Gasteiger partial charge in [0.15, 0.2) is 5.78 Å². The Morgan fingerprint density at radius 1 is 1.03 bits per heavy atom. The minimum atomic E-state index is -0.533. The zero-order valence-electron chi connectivity index (χ0n) is 17.4. The quantitative estimate of drug-likeness (QED) is 0.741. The second kappa shape index (κ2) is 7.69. The van der Waals surface area contributed by atoms with Crippen molar-refractivity contribution in [3.8, 4) is 0 Å². The Morgan fingerprint density at radius 2 is 1.70 bits per heavy atom. The van der Waals surface area contributed by atoms with Gasteiger partial charge in [-0.3, -0.25) is 14.4 Å². The fraction of sp³-hybridized carbons (Fsp3) is 0.458. The minimum absolute atomic E-state index is 0.000665. The summed E-state index contributed by atoms with van der Waals surface area (Å²) >= 11 is 6.05. The Hall–Kier alpha value is -2.40. The number of hydrogen-bond donors (Lipinski definition) is 2. The molecule has 4 rings (SSSR count). The summed E-state index contributed by atoms with van der Waals surface area (Å²) < 4.78 is 0. The molecule has 1 heterocycles. The standard InChI is InChI=1S/C24H27ClN2O3/c1-23(2)13-19-17(20(28)14-23)12-18(21(29)26-19)22(30)27-24(10-4-3-5-11-24)15-6-8-16(25)9-7-15/h6-9,12H,3-5,10-11,13-14H2,1-2H3,(H,26,29)(H,27,30). The molecule has 1 saturated carbocycles. The molecule has 5 nitrogen and oxygen atoms in total. The van der Waals surface area contributed by atoms with E-state index in [9.17, 15) is 14.4 Å². The van der Waals surface area contributed by atoms with Crippen LogP contribution in [-0.4, -0.2) is 16.7 Å². The molecule has 6 heteroatoms. The van der Waals surface area contributed by atoms with Crippen LogP contribution in [0.2, 0.25) is 5.02 Å². The zero-order chi connectivity index (χ0) is 21.5. The van der Waals surface area contributed by atoms with E-state index in [-0.39, 0.29) is 16.8 Å². The van der Waals surface area contributed by atoms with Gasteiger partial charge < -0.3 is 10.3 Å². The fourth-order valence-corrected chi connectivity index (χ4v) is 5.02. The average Bonchev–Trinajstić information content (AvgIpc) is 2.67. The molecule has 2 aromatic rings. The van der Waals surface area contributed by atoms with Gasteiger partial charge in [0.2, 0.25) is 0 Å². The number of amides is 1. The predicted octanol–water partition coefficient (Wildman–Crippen LogP) is 4.77. The molecule has 0 bridgehead atoms. The molecule has 0 atom stereocenters. The average molecular weight is 427 g/mol. The summed E-state index contributed by atoms with van der Waals surface area (Å²) in [6.07, 6.45) is 5.73. The Balaban J connectivity index is 1.68. The zero-order valence-corrected chi connectivity index (χ0v) is 18.2. The first-order chi connectivity index (χ1) is 14.2. The van der Waals surface area contributed by atoms with E-state index in [1.165, 1.54) is 6.07 Å². The number of nitrogens with one attached hydrogen (secondary N) is 2. The second-order valence-corrected chi connectivity index (χ2v) is 9.89. The number of aromatic nitrogens is 1. The minimum Gasteiger partial charge on any atom is -0.342 e. The van der Waals surface area contributed by atoms with Crippen LogP contribution in [0.1, 0.15) is 84.3 Å². The number of fused-ring (bicyclic) bond motifs is 1. The smallest absolute Gasteiger partial charge is 0.261 e. The Kier molecular flexibility index (Phi) is 5.35. The van der Waals surface area contributed by atoms with E-state index < -0.39 is 17.0 Å². The van der Waals surface area contributed by atoms with E-state index in [1.807, 2.05) is 38.1 Å². The summed E-state index contributed by atoms with van der Waals surface area (Å²) in [6.45, 7) is 4.01. The highest BCUT2D eigenvalue weighted by molar-refractivity contribution is 6.30. The molecule has 2 aliphatic carbocycles. The predicted molar refractivity (Wildman–Crippen MR) is 117 cm³/mol. The monoisotopic (exact) mass is 426 g/mol. The third-order valence-corrected chi connectivity index (χ3v) is 6.67. The summed E-state index contributed by atoms with van der Waals surface area (Å²) in [5.74, 6) is -0.467. The molecule has 0 aliphatic heterocycles. The molecule has 1 amide bonds. The lowest BCUT2D eigenvalue weighted by atomic mass is 9.75. The molecule has 158 valence electrons. The van der Waals surface area contributed by atoms with Gasteiger partial charge in [-0.15, -0.1) is 0 Å². The van der Waals surface area contributed by atoms with Gasteiger partial charge in [0.05, 0.1) is 5.54 Å². The number of halogens is 1. The molecule has 0 spiro atoms. The number of ketones is 1. The maximum atomic E-state index is 13.2. The summed E-state index contributed by atoms with van der Waals surface area (Å²) in [6, 6.07) is 9.02. The highest BCUT2D eigenvalue weighted by Crippen LogP contribution is 2.38. The maximum absolute atomic E-state index is 13.2. The van der Waals surface area contributed by atoms with Gasteiger partial charge in [-0.25, -0.2) is 0 Å². The first-order valence-corrected chi connectivity index (χ1v) is 10.9. The lowest BCUT2D eigenvalue weighted by Crippen LogP contribution is -2.48. The topological polar surface area (TPSA) is 79.0 Å². The summed E-state index contributed by atoms with van der Waals surface area (Å²) in [4.78, 5) is 41.4. The van der Waals surface area contributed by atoms with Crippen LogP contribution in [0, 0.1) is 5.41 Å². The SMILES string of the molecule is CC1(C)CC(=O)c2cc(C(=O)NC3(c4ccc(Cl)cc4)CCCCC3)c(=O)[nH]c2C1. The van der Waals surface area contributed by atoms with E-state index in [0.717, 1.165) is 37.7 Å². The number of aromatic amines is 1. The van der Waals surface area contributed by atoms with Crippen molar-refractivity contribution >= 4 is 23.3 Å². The highest BCUT2D eigenvalue weighted by atomic mass is 35.5. The molecule has 30 heavy (non-hydrogen) atoms. The molecule has 1 fully saturated rings. The number of rotatable bonds is 3. The van der Waals surface area contributed by atoms with Gasteiger partial charge in [0, 0.05) is 22.7 Å². The van der Waals surface area contributed by atoms with E-state index in [0.29, 0.717) is 29.1 Å². The summed E-state index contributed by atoms with van der Waals surface area (Å²) in [7, 11) is 0. The van der Waals surface area contributed by atoms with E-state index in [4.69, 9.17) is 11.6 Å². The van der Waals surface area contributed by atoms with Crippen LogP contribution in [0.3, 0.4) is 0 Å². The lowest BCUT2D eigenvalue weighted by molar-refractivity contribution is 0.0864. The van der Waals surface area contributed by atoms with E-state index in [2.05, 4.69) is 10.3 Å². The molecule has 1 aromatic heterocycles. The summed E-state index contributed by atoms with van der Waals surface area (Å²) in [5.41, 5.74) is 0.907. The number of pyridine rings is 1. The first kappa shape index (κ1) is 20.9. The van der Waals surface area contributed by atoms with Crippen molar-refractivity contribution in [1.82, 2.24) is 10.3 Å². The van der Waals surface area contributed by atoms with Crippen LogP contribution in [-0.2, 0) is 12.0 Å². The number of carbonyl (C=O) groups excluding carboxylic acids is 2. The highest BCUT2D eigenvalue weighted by Gasteiger charge is 2.37. The lowest BCUT2D eigenvalue weighted by Gasteiger charge is -2.39. The van der Waals surface area contributed by atoms with Gasteiger partial charge in [-0.1, -0.05) is 56.8 Å². The Bertz CT molecular complexity index is 1050. The van der Waals surface area contributed by atoms with Crippen LogP contribution in [0.15, 0.2) is 35.1 Å². The van der Waals surface area contributed by atoms with Gasteiger partial charge in [-0.05, 0) is 48.4 Å². The fourth-order valence-electron chi connectivity index (χ4n) is 4.89.